The van der Waals surface area contributed by atoms with Crippen LogP contribution in [0.5, 0.6) is 5.75 Å². The highest BCUT2D eigenvalue weighted by molar-refractivity contribution is 6.32. The Hall–Kier alpha value is -1.48. The Morgan fingerprint density at radius 3 is 2.69 bits per heavy atom. The highest BCUT2D eigenvalue weighted by atomic mass is 35.5. The molecule has 0 aliphatic heterocycles. The van der Waals surface area contributed by atoms with Crippen LogP contribution in [-0.4, -0.2) is 11.3 Å². The summed E-state index contributed by atoms with van der Waals surface area (Å²) in [5.41, 5.74) is 6.48. The van der Waals surface area contributed by atoms with Crippen LogP contribution in [0.1, 0.15) is 5.56 Å². The fourth-order valence-corrected chi connectivity index (χ4v) is 1.04. The lowest BCUT2D eigenvalue weighted by atomic mass is 10.1. The van der Waals surface area contributed by atoms with Crippen molar-refractivity contribution in [3.8, 4) is 5.75 Å². The molecule has 4 heteroatoms. The molecule has 0 aliphatic rings. The molecule has 4 N–H and O–H groups in total. The molecule has 0 radical (unpaired) electrons. The molecule has 1 aromatic carbocycles. The number of allylic oxidation sites excluding steroid dienone is 1. The predicted molar refractivity (Wildman–Crippen MR) is 54.1 cm³/mol. The second-order valence-corrected chi connectivity index (χ2v) is 2.84. The smallest absolute Gasteiger partial charge is 0.134 e. The molecule has 0 aliphatic carbocycles. The average molecular weight is 197 g/mol. The summed E-state index contributed by atoms with van der Waals surface area (Å²) >= 11 is 5.61. The fourth-order valence-electron chi connectivity index (χ4n) is 0.920. The van der Waals surface area contributed by atoms with E-state index in [0.717, 1.165) is 6.21 Å². The van der Waals surface area contributed by atoms with Gasteiger partial charge >= 0.3 is 0 Å². The van der Waals surface area contributed by atoms with Crippen LogP contribution < -0.4 is 5.73 Å². The van der Waals surface area contributed by atoms with Gasteiger partial charge in [0.1, 0.15) is 5.75 Å². The summed E-state index contributed by atoms with van der Waals surface area (Å²) in [6, 6.07) is 4.71. The topological polar surface area (TPSA) is 70.1 Å². The maximum absolute atomic E-state index is 9.26. The number of halogens is 1. The lowest BCUT2D eigenvalue weighted by Crippen LogP contribution is -1.90. The number of hydrogen-bond acceptors (Lipinski definition) is 3. The Bertz CT molecular complexity index is 361. The average Bonchev–Trinajstić information content (AvgIpc) is 2.13. The van der Waals surface area contributed by atoms with Gasteiger partial charge in [0.05, 0.1) is 5.02 Å². The van der Waals surface area contributed by atoms with Gasteiger partial charge in [0.15, 0.2) is 0 Å². The molecule has 0 heterocycles. The zero-order chi connectivity index (χ0) is 9.84. The first-order valence-electron chi connectivity index (χ1n) is 3.60. The van der Waals surface area contributed by atoms with E-state index in [4.69, 9.17) is 22.7 Å². The fraction of sp³-hybridized carbons (Fsp3) is 0. The van der Waals surface area contributed by atoms with Crippen molar-refractivity contribution < 1.29 is 5.11 Å². The summed E-state index contributed by atoms with van der Waals surface area (Å²) in [6.45, 7) is 0. The Kier molecular flexibility index (Phi) is 2.93. The first-order chi connectivity index (χ1) is 6.19. The van der Waals surface area contributed by atoms with Crippen molar-refractivity contribution >= 4 is 23.4 Å². The Morgan fingerprint density at radius 2 is 2.23 bits per heavy atom. The standard InChI is InChI=1S/C9H9ClN2O/c10-8-2-1-6(3-9(8)13)7(4-11)5-12/h1-5,11,13H,12H2/b7-5+,11-4?. The van der Waals surface area contributed by atoms with Crippen LogP contribution in [0.3, 0.4) is 0 Å². The monoisotopic (exact) mass is 196 g/mol. The van der Waals surface area contributed by atoms with Crippen molar-refractivity contribution in [1.82, 2.24) is 0 Å². The van der Waals surface area contributed by atoms with Crippen LogP contribution in [0.25, 0.3) is 5.57 Å². The first-order valence-corrected chi connectivity index (χ1v) is 3.98. The third kappa shape index (κ3) is 2.00. The molecule has 0 aromatic heterocycles. The van der Waals surface area contributed by atoms with Crippen LogP contribution >= 0.6 is 11.6 Å². The zero-order valence-electron chi connectivity index (χ0n) is 6.79. The van der Waals surface area contributed by atoms with Gasteiger partial charge in [-0.05, 0) is 17.7 Å². The molecule has 0 amide bonds. The number of hydrogen-bond donors (Lipinski definition) is 3. The Balaban J connectivity index is 3.17. The largest absolute Gasteiger partial charge is 0.506 e. The molecule has 0 unspecified atom stereocenters. The van der Waals surface area contributed by atoms with Gasteiger partial charge in [-0.25, -0.2) is 0 Å². The van der Waals surface area contributed by atoms with Crippen LogP contribution in [-0.2, 0) is 0 Å². The lowest BCUT2D eigenvalue weighted by molar-refractivity contribution is 0.475. The molecular formula is C9H9ClN2O. The summed E-state index contributed by atoms with van der Waals surface area (Å²) in [5.74, 6) is -0.0135. The molecule has 0 saturated carbocycles. The summed E-state index contributed by atoms with van der Waals surface area (Å²) in [4.78, 5) is 0. The normalized spacial score (nSPS) is 11.3. The van der Waals surface area contributed by atoms with Crippen LogP contribution in [0.15, 0.2) is 24.4 Å². The van der Waals surface area contributed by atoms with Crippen molar-refractivity contribution in [2.75, 3.05) is 0 Å². The molecule has 3 nitrogen and oxygen atoms in total. The van der Waals surface area contributed by atoms with E-state index in [1.54, 1.807) is 12.1 Å². The zero-order valence-corrected chi connectivity index (χ0v) is 7.55. The minimum Gasteiger partial charge on any atom is -0.506 e. The van der Waals surface area contributed by atoms with E-state index in [0.29, 0.717) is 11.1 Å². The molecule has 0 fully saturated rings. The van der Waals surface area contributed by atoms with Crippen molar-refractivity contribution in [3.63, 3.8) is 0 Å². The summed E-state index contributed by atoms with van der Waals surface area (Å²) < 4.78 is 0. The molecule has 0 saturated heterocycles. The van der Waals surface area contributed by atoms with E-state index in [2.05, 4.69) is 0 Å². The van der Waals surface area contributed by atoms with Crippen LogP contribution in [0.2, 0.25) is 5.02 Å². The van der Waals surface area contributed by atoms with Crippen molar-refractivity contribution in [1.29, 1.82) is 5.41 Å². The minimum atomic E-state index is -0.0135. The van der Waals surface area contributed by atoms with E-state index in [9.17, 15) is 5.11 Å². The molecule has 13 heavy (non-hydrogen) atoms. The van der Waals surface area contributed by atoms with Crippen molar-refractivity contribution in [2.45, 2.75) is 0 Å². The molecule has 0 bridgehead atoms. The second-order valence-electron chi connectivity index (χ2n) is 2.43. The first kappa shape index (κ1) is 9.61. The van der Waals surface area contributed by atoms with Gasteiger partial charge in [0, 0.05) is 18.0 Å². The van der Waals surface area contributed by atoms with Crippen molar-refractivity contribution in [3.05, 3.63) is 35.0 Å². The number of benzene rings is 1. The second kappa shape index (κ2) is 3.96. The van der Waals surface area contributed by atoms with Gasteiger partial charge in [-0.3, -0.25) is 0 Å². The predicted octanol–water partition coefficient (Wildman–Crippen LogP) is 1.99. The van der Waals surface area contributed by atoms with E-state index in [-0.39, 0.29) is 10.8 Å². The van der Waals surface area contributed by atoms with E-state index >= 15 is 0 Å². The molecule has 0 atom stereocenters. The molecule has 0 spiro atoms. The molecule has 1 rings (SSSR count). The highest BCUT2D eigenvalue weighted by Gasteiger charge is 2.02. The number of phenols is 1. The maximum Gasteiger partial charge on any atom is 0.134 e. The van der Waals surface area contributed by atoms with E-state index in [1.807, 2.05) is 0 Å². The molecule has 1 aromatic rings. The van der Waals surface area contributed by atoms with Crippen molar-refractivity contribution in [2.24, 2.45) is 5.73 Å². The van der Waals surface area contributed by atoms with Crippen LogP contribution in [0, 0.1) is 5.41 Å². The maximum atomic E-state index is 9.26. The molecule has 68 valence electrons. The van der Waals surface area contributed by atoms with E-state index in [1.165, 1.54) is 12.3 Å². The minimum absolute atomic E-state index is 0.0135. The number of rotatable bonds is 2. The van der Waals surface area contributed by atoms with Crippen LogP contribution in [0.4, 0.5) is 0 Å². The van der Waals surface area contributed by atoms with Gasteiger partial charge in [-0.1, -0.05) is 17.7 Å². The van der Waals surface area contributed by atoms with Gasteiger partial charge < -0.3 is 16.2 Å². The number of nitrogens with two attached hydrogens (primary N) is 1. The third-order valence-corrected chi connectivity index (χ3v) is 1.93. The Morgan fingerprint density at radius 1 is 1.54 bits per heavy atom. The summed E-state index contributed by atoms with van der Waals surface area (Å²) in [5, 5.41) is 16.6. The quantitative estimate of drug-likeness (QED) is 0.634. The summed E-state index contributed by atoms with van der Waals surface area (Å²) in [6.07, 6.45) is 2.42. The Labute approximate surface area is 81.0 Å². The SMILES string of the molecule is N=C/C(=C\N)c1ccc(Cl)c(O)c1. The third-order valence-electron chi connectivity index (χ3n) is 1.61. The van der Waals surface area contributed by atoms with Gasteiger partial charge in [-0.2, -0.15) is 0 Å². The van der Waals surface area contributed by atoms with Gasteiger partial charge in [-0.15, -0.1) is 0 Å². The number of nitrogens with one attached hydrogen (secondary N) is 1. The van der Waals surface area contributed by atoms with Gasteiger partial charge in [0.2, 0.25) is 0 Å². The van der Waals surface area contributed by atoms with E-state index < -0.39 is 0 Å². The summed E-state index contributed by atoms with van der Waals surface area (Å²) in [7, 11) is 0. The number of phenolic OH excluding ortho intramolecular Hbond substituents is 1. The number of aromatic hydroxyl groups is 1. The highest BCUT2D eigenvalue weighted by Crippen LogP contribution is 2.26. The van der Waals surface area contributed by atoms with Gasteiger partial charge in [0.25, 0.3) is 0 Å². The molecular weight excluding hydrogens is 188 g/mol. The lowest BCUT2D eigenvalue weighted by Gasteiger charge is -2.02.